The lowest BCUT2D eigenvalue weighted by atomic mass is 10.1. The normalized spacial score (nSPS) is 13.6. The van der Waals surface area contributed by atoms with Crippen LogP contribution in [0, 0.1) is 0 Å². The minimum Gasteiger partial charge on any atom is -0.349 e. The lowest BCUT2D eigenvalue weighted by Gasteiger charge is -2.22. The number of hydrogen-bond donors (Lipinski definition) is 0. The Morgan fingerprint density at radius 2 is 1.83 bits per heavy atom. The molecule has 0 N–H and O–H groups in total. The summed E-state index contributed by atoms with van der Waals surface area (Å²) in [6, 6.07) is 8.36. The zero-order valence-electron chi connectivity index (χ0n) is 14.5. The molecule has 128 valence electrons. The van der Waals surface area contributed by atoms with Crippen LogP contribution in [0.4, 0.5) is 0 Å². The molecule has 0 aromatic heterocycles. The lowest BCUT2D eigenvalue weighted by Crippen LogP contribution is -2.35. The summed E-state index contributed by atoms with van der Waals surface area (Å²) >= 11 is 0. The molecule has 1 aliphatic rings. The zero-order valence-corrected chi connectivity index (χ0v) is 16.8. The van der Waals surface area contributed by atoms with E-state index in [1.165, 1.54) is 11.1 Å². The third kappa shape index (κ3) is 5.67. The monoisotopic (exact) mass is 430 g/mol. The van der Waals surface area contributed by atoms with Gasteiger partial charge in [0.25, 0.3) is 0 Å². The second-order valence-corrected chi connectivity index (χ2v) is 6.14. The van der Waals surface area contributed by atoms with E-state index in [9.17, 15) is 4.79 Å². The van der Waals surface area contributed by atoms with Crippen molar-refractivity contribution in [1.29, 1.82) is 0 Å². The minimum atomic E-state index is 0. The van der Waals surface area contributed by atoms with Crippen molar-refractivity contribution in [3.8, 4) is 0 Å². The first-order valence-corrected chi connectivity index (χ1v) is 7.72. The van der Waals surface area contributed by atoms with Crippen molar-refractivity contribution in [1.82, 2.24) is 14.7 Å². The molecule has 1 aromatic rings. The molecule has 0 atom stereocenters. The van der Waals surface area contributed by atoms with Crippen molar-refractivity contribution in [2.75, 3.05) is 34.7 Å². The van der Waals surface area contributed by atoms with Crippen molar-refractivity contribution < 1.29 is 4.79 Å². The van der Waals surface area contributed by atoms with E-state index >= 15 is 0 Å². The molecule has 0 unspecified atom stereocenters. The molecule has 0 radical (unpaired) electrons. The van der Waals surface area contributed by atoms with Crippen molar-refractivity contribution in [2.45, 2.75) is 25.9 Å². The molecular formula is C17H27IN4O. The summed E-state index contributed by atoms with van der Waals surface area (Å²) < 4.78 is 0. The van der Waals surface area contributed by atoms with Crippen molar-refractivity contribution in [2.24, 2.45) is 4.99 Å². The molecule has 2 rings (SSSR count). The molecule has 0 spiro atoms. The highest BCUT2D eigenvalue weighted by molar-refractivity contribution is 14.0. The Bertz CT molecular complexity index is 547. The molecule has 5 nitrogen and oxygen atoms in total. The minimum absolute atomic E-state index is 0. The first-order chi connectivity index (χ1) is 10.5. The number of amides is 1. The Balaban J connectivity index is 0.00000264. The number of carbonyl (C=O) groups excluding carboxylic acids is 1. The molecule has 1 aliphatic heterocycles. The van der Waals surface area contributed by atoms with Gasteiger partial charge >= 0.3 is 0 Å². The van der Waals surface area contributed by atoms with E-state index in [1.807, 2.05) is 49.0 Å². The van der Waals surface area contributed by atoms with E-state index in [-0.39, 0.29) is 29.9 Å². The van der Waals surface area contributed by atoms with Gasteiger partial charge in [-0.1, -0.05) is 24.3 Å². The molecule has 1 amide bonds. The van der Waals surface area contributed by atoms with E-state index < -0.39 is 0 Å². The maximum atomic E-state index is 11.7. The molecule has 1 heterocycles. The van der Waals surface area contributed by atoms with Gasteiger partial charge in [0.1, 0.15) is 0 Å². The van der Waals surface area contributed by atoms with Gasteiger partial charge in [-0.15, -0.1) is 24.0 Å². The highest BCUT2D eigenvalue weighted by Crippen LogP contribution is 2.15. The molecule has 1 aromatic carbocycles. The van der Waals surface area contributed by atoms with Crippen LogP contribution < -0.4 is 0 Å². The second kappa shape index (κ2) is 9.10. The highest BCUT2D eigenvalue weighted by Gasteiger charge is 2.19. The maximum Gasteiger partial charge on any atom is 0.222 e. The van der Waals surface area contributed by atoms with Crippen LogP contribution in [0.2, 0.25) is 0 Å². The maximum absolute atomic E-state index is 11.7. The van der Waals surface area contributed by atoms with Gasteiger partial charge in [0.05, 0.1) is 6.54 Å². The summed E-state index contributed by atoms with van der Waals surface area (Å²) in [5.74, 6) is 1.21. The predicted octanol–water partition coefficient (Wildman–Crippen LogP) is 2.41. The van der Waals surface area contributed by atoms with Gasteiger partial charge in [0.15, 0.2) is 5.96 Å². The Morgan fingerprint density at radius 1 is 1.17 bits per heavy atom. The Kier molecular flexibility index (Phi) is 7.81. The number of halogens is 1. The van der Waals surface area contributed by atoms with Crippen molar-refractivity contribution >= 4 is 35.8 Å². The summed E-state index contributed by atoms with van der Waals surface area (Å²) in [5, 5.41) is 0. The number of benzene rings is 1. The van der Waals surface area contributed by atoms with Crippen LogP contribution in [0.5, 0.6) is 0 Å². The fourth-order valence-corrected chi connectivity index (χ4v) is 2.76. The summed E-state index contributed by atoms with van der Waals surface area (Å²) in [7, 11) is 7.98. The number of carbonyl (C=O) groups is 1. The smallest absolute Gasteiger partial charge is 0.222 e. The number of nitrogens with zero attached hydrogens (tertiary/aromatic N) is 4. The first-order valence-electron chi connectivity index (χ1n) is 7.72. The number of rotatable bonds is 4. The van der Waals surface area contributed by atoms with Gasteiger partial charge < -0.3 is 14.7 Å². The van der Waals surface area contributed by atoms with Crippen LogP contribution in [0.15, 0.2) is 29.3 Å². The van der Waals surface area contributed by atoms with Crippen LogP contribution in [0.1, 0.15) is 24.0 Å². The van der Waals surface area contributed by atoms with E-state index in [1.54, 1.807) is 0 Å². The standard InChI is InChI=1S/C17H26N4O.HI/c1-19(2)17(20(3)4)18-12-14-7-5-8-15(11-14)13-21-10-6-9-16(21)22;/h5,7-8,11H,6,9-10,12-13H2,1-4H3;1H. The molecule has 6 heteroatoms. The van der Waals surface area contributed by atoms with Crippen LogP contribution in [0.25, 0.3) is 0 Å². The fraction of sp³-hybridized carbons (Fsp3) is 0.529. The van der Waals surface area contributed by atoms with E-state index in [0.717, 1.165) is 18.9 Å². The molecular weight excluding hydrogens is 403 g/mol. The van der Waals surface area contributed by atoms with E-state index in [0.29, 0.717) is 19.5 Å². The molecule has 0 bridgehead atoms. The van der Waals surface area contributed by atoms with Crippen LogP contribution >= 0.6 is 24.0 Å². The quantitative estimate of drug-likeness (QED) is 0.419. The topological polar surface area (TPSA) is 39.1 Å². The summed E-state index contributed by atoms with van der Waals surface area (Å²) in [5.41, 5.74) is 2.35. The molecule has 1 fully saturated rings. The third-order valence-electron chi connectivity index (χ3n) is 3.74. The summed E-state index contributed by atoms with van der Waals surface area (Å²) in [4.78, 5) is 22.3. The molecule has 1 saturated heterocycles. The van der Waals surface area contributed by atoms with Gasteiger partial charge in [-0.25, -0.2) is 4.99 Å². The number of hydrogen-bond acceptors (Lipinski definition) is 2. The second-order valence-electron chi connectivity index (χ2n) is 6.14. The van der Waals surface area contributed by atoms with Gasteiger partial charge in [0, 0.05) is 47.7 Å². The zero-order chi connectivity index (χ0) is 16.1. The summed E-state index contributed by atoms with van der Waals surface area (Å²) in [6.45, 7) is 2.24. The van der Waals surface area contributed by atoms with Crippen molar-refractivity contribution in [3.05, 3.63) is 35.4 Å². The first kappa shape index (κ1) is 19.7. The van der Waals surface area contributed by atoms with Gasteiger partial charge in [-0.2, -0.15) is 0 Å². The van der Waals surface area contributed by atoms with Crippen LogP contribution in [-0.2, 0) is 17.9 Å². The van der Waals surface area contributed by atoms with Crippen molar-refractivity contribution in [3.63, 3.8) is 0 Å². The van der Waals surface area contributed by atoms with E-state index in [4.69, 9.17) is 0 Å². The van der Waals surface area contributed by atoms with Gasteiger partial charge in [-0.05, 0) is 17.5 Å². The molecule has 23 heavy (non-hydrogen) atoms. The SMILES string of the molecule is CN(C)C(=NCc1cccc(CN2CCCC2=O)c1)N(C)C.I. The molecule has 0 aliphatic carbocycles. The highest BCUT2D eigenvalue weighted by atomic mass is 127. The largest absolute Gasteiger partial charge is 0.349 e. The number of likely N-dealkylation sites (tertiary alicyclic amines) is 1. The van der Waals surface area contributed by atoms with Gasteiger partial charge in [-0.3, -0.25) is 4.79 Å². The van der Waals surface area contributed by atoms with Crippen LogP contribution in [-0.4, -0.2) is 61.3 Å². The average Bonchev–Trinajstić information content (AvgIpc) is 2.84. The Labute approximate surface area is 156 Å². The number of aliphatic imine (C=N–C) groups is 1. The predicted molar refractivity (Wildman–Crippen MR) is 105 cm³/mol. The Morgan fingerprint density at radius 3 is 2.39 bits per heavy atom. The summed E-state index contributed by atoms with van der Waals surface area (Å²) in [6.07, 6.45) is 1.68. The third-order valence-corrected chi connectivity index (χ3v) is 3.74. The van der Waals surface area contributed by atoms with Crippen LogP contribution in [0.3, 0.4) is 0 Å². The number of guanidine groups is 1. The fourth-order valence-electron chi connectivity index (χ4n) is 2.76. The Hall–Kier alpha value is -1.31. The lowest BCUT2D eigenvalue weighted by molar-refractivity contribution is -0.128. The van der Waals surface area contributed by atoms with Gasteiger partial charge in [0.2, 0.25) is 5.91 Å². The van der Waals surface area contributed by atoms with E-state index in [2.05, 4.69) is 23.2 Å². The molecule has 0 saturated carbocycles. The average molecular weight is 430 g/mol.